The average molecular weight is 346 g/mol. The molecule has 138 valence electrons. The first-order chi connectivity index (χ1) is 10.8. The minimum atomic E-state index is -0.823. The highest BCUT2D eigenvalue weighted by molar-refractivity contribution is 5.76. The second kappa shape index (κ2) is 9.24. The molecule has 8 nitrogen and oxygen atoms in total. The molecule has 0 N–H and O–H groups in total. The van der Waals surface area contributed by atoms with Crippen LogP contribution in [-0.2, 0) is 38.1 Å². The molecular weight excluding hydrogens is 320 g/mol. The fourth-order valence-electron chi connectivity index (χ4n) is 1.70. The Morgan fingerprint density at radius 3 is 1.21 bits per heavy atom. The summed E-state index contributed by atoms with van der Waals surface area (Å²) in [4.78, 5) is 44.5. The molecule has 0 aliphatic carbocycles. The highest BCUT2D eigenvalue weighted by atomic mass is 16.6. The summed E-state index contributed by atoms with van der Waals surface area (Å²) in [5, 5.41) is 0. The highest BCUT2D eigenvalue weighted by Gasteiger charge is 2.30. The molecule has 0 radical (unpaired) electrons. The van der Waals surface area contributed by atoms with Crippen molar-refractivity contribution in [3.63, 3.8) is 0 Å². The van der Waals surface area contributed by atoms with Crippen LogP contribution in [0.5, 0.6) is 0 Å². The van der Waals surface area contributed by atoms with Crippen molar-refractivity contribution in [3.8, 4) is 0 Å². The van der Waals surface area contributed by atoms with E-state index in [-0.39, 0.29) is 0 Å². The van der Waals surface area contributed by atoms with Crippen LogP contribution in [-0.4, -0.2) is 48.3 Å². The van der Waals surface area contributed by atoms with Crippen molar-refractivity contribution in [2.45, 2.75) is 65.6 Å². The first-order valence-corrected chi connectivity index (χ1v) is 7.53. The van der Waals surface area contributed by atoms with E-state index in [4.69, 9.17) is 9.47 Å². The lowest BCUT2D eigenvalue weighted by Gasteiger charge is -2.31. The van der Waals surface area contributed by atoms with Gasteiger partial charge in [0.25, 0.3) is 0 Å². The van der Waals surface area contributed by atoms with Gasteiger partial charge in [-0.15, -0.1) is 0 Å². The van der Waals surface area contributed by atoms with Crippen LogP contribution in [0.4, 0.5) is 0 Å². The standard InChI is InChI=1S/C16H26O8/c1-11(17)21-9-13(19)23-15(3,4)7-8-16(5,6)24-14(20)10-22-12(2)18/h7-10H2,1-6H3. The molecule has 8 heteroatoms. The lowest BCUT2D eigenvalue weighted by atomic mass is 9.94. The van der Waals surface area contributed by atoms with Crippen LogP contribution in [0.15, 0.2) is 0 Å². The number of rotatable bonds is 9. The van der Waals surface area contributed by atoms with Crippen LogP contribution in [0.1, 0.15) is 54.4 Å². The third-order valence-corrected chi connectivity index (χ3v) is 2.90. The Kier molecular flexibility index (Phi) is 8.43. The van der Waals surface area contributed by atoms with Crippen LogP contribution in [0.2, 0.25) is 0 Å². The molecule has 0 rings (SSSR count). The van der Waals surface area contributed by atoms with Gasteiger partial charge in [0.2, 0.25) is 0 Å². The molecule has 0 aromatic carbocycles. The summed E-state index contributed by atoms with van der Waals surface area (Å²) >= 11 is 0. The number of carbonyl (C=O) groups excluding carboxylic acids is 4. The van der Waals surface area contributed by atoms with Crippen LogP contribution in [0, 0.1) is 0 Å². The summed E-state index contributed by atoms with van der Waals surface area (Å²) in [7, 11) is 0. The summed E-state index contributed by atoms with van der Waals surface area (Å²) in [6.07, 6.45) is 0.819. The van der Waals surface area contributed by atoms with E-state index in [0.29, 0.717) is 12.8 Å². The van der Waals surface area contributed by atoms with Crippen LogP contribution in [0.25, 0.3) is 0 Å². The molecule has 0 fully saturated rings. The Balaban J connectivity index is 4.35. The zero-order valence-electron chi connectivity index (χ0n) is 15.1. The van der Waals surface area contributed by atoms with Gasteiger partial charge in [-0.25, -0.2) is 9.59 Å². The molecule has 0 saturated heterocycles. The van der Waals surface area contributed by atoms with Gasteiger partial charge in [-0.1, -0.05) is 0 Å². The van der Waals surface area contributed by atoms with Gasteiger partial charge in [0.05, 0.1) is 0 Å². The highest BCUT2D eigenvalue weighted by Crippen LogP contribution is 2.25. The maximum atomic E-state index is 11.6. The molecule has 0 atom stereocenters. The van der Waals surface area contributed by atoms with Gasteiger partial charge in [-0.2, -0.15) is 0 Å². The van der Waals surface area contributed by atoms with Crippen molar-refractivity contribution in [2.24, 2.45) is 0 Å². The van der Waals surface area contributed by atoms with E-state index in [1.165, 1.54) is 13.8 Å². The van der Waals surface area contributed by atoms with Gasteiger partial charge >= 0.3 is 23.9 Å². The molecule has 0 aliphatic rings. The van der Waals surface area contributed by atoms with E-state index in [1.807, 2.05) is 0 Å². The van der Waals surface area contributed by atoms with Crippen molar-refractivity contribution in [1.82, 2.24) is 0 Å². The Morgan fingerprint density at radius 2 is 0.958 bits per heavy atom. The van der Waals surface area contributed by atoms with Crippen LogP contribution < -0.4 is 0 Å². The second-order valence-corrected chi connectivity index (χ2v) is 6.53. The summed E-state index contributed by atoms with van der Waals surface area (Å²) in [6, 6.07) is 0. The number of esters is 4. The topological polar surface area (TPSA) is 105 Å². The summed E-state index contributed by atoms with van der Waals surface area (Å²) in [6.45, 7) is 8.32. The molecule has 0 amide bonds. The first kappa shape index (κ1) is 21.9. The number of ether oxygens (including phenoxy) is 4. The van der Waals surface area contributed by atoms with Crippen molar-refractivity contribution in [3.05, 3.63) is 0 Å². The van der Waals surface area contributed by atoms with E-state index < -0.39 is 48.3 Å². The number of hydrogen-bond donors (Lipinski definition) is 0. The Labute approximate surface area is 141 Å². The predicted molar refractivity (Wildman–Crippen MR) is 82.8 cm³/mol. The van der Waals surface area contributed by atoms with Gasteiger partial charge in [-0.05, 0) is 40.5 Å². The van der Waals surface area contributed by atoms with Crippen molar-refractivity contribution in [1.29, 1.82) is 0 Å². The van der Waals surface area contributed by atoms with Gasteiger partial charge in [-0.3, -0.25) is 9.59 Å². The van der Waals surface area contributed by atoms with E-state index in [9.17, 15) is 19.2 Å². The third kappa shape index (κ3) is 11.4. The molecule has 0 aromatic rings. The van der Waals surface area contributed by atoms with E-state index in [1.54, 1.807) is 27.7 Å². The summed E-state index contributed by atoms with van der Waals surface area (Å²) in [5.41, 5.74) is -1.65. The Morgan fingerprint density at radius 1 is 0.667 bits per heavy atom. The smallest absolute Gasteiger partial charge is 0.344 e. The van der Waals surface area contributed by atoms with Gasteiger partial charge in [0.15, 0.2) is 13.2 Å². The minimum Gasteiger partial charge on any atom is -0.457 e. The summed E-state index contributed by atoms with van der Waals surface area (Å²) < 4.78 is 19.6. The molecule has 0 spiro atoms. The Bertz CT molecular complexity index is 434. The molecule has 24 heavy (non-hydrogen) atoms. The van der Waals surface area contributed by atoms with E-state index in [0.717, 1.165) is 0 Å². The fourth-order valence-corrected chi connectivity index (χ4v) is 1.70. The van der Waals surface area contributed by atoms with E-state index in [2.05, 4.69) is 9.47 Å². The Hall–Kier alpha value is -2.12. The molecule has 0 aliphatic heterocycles. The molecule has 0 aromatic heterocycles. The van der Waals surface area contributed by atoms with Gasteiger partial charge in [0, 0.05) is 13.8 Å². The van der Waals surface area contributed by atoms with Crippen molar-refractivity contribution in [2.75, 3.05) is 13.2 Å². The molecular formula is C16H26O8. The zero-order valence-corrected chi connectivity index (χ0v) is 15.1. The van der Waals surface area contributed by atoms with Crippen molar-refractivity contribution < 1.29 is 38.1 Å². The molecule has 0 unspecified atom stereocenters. The van der Waals surface area contributed by atoms with Crippen LogP contribution >= 0.6 is 0 Å². The van der Waals surface area contributed by atoms with Gasteiger partial charge < -0.3 is 18.9 Å². The molecule has 0 heterocycles. The maximum Gasteiger partial charge on any atom is 0.344 e. The average Bonchev–Trinajstić information content (AvgIpc) is 2.40. The minimum absolute atomic E-state index is 0.409. The van der Waals surface area contributed by atoms with Gasteiger partial charge in [0.1, 0.15) is 11.2 Å². The normalized spacial score (nSPS) is 11.4. The lowest BCUT2D eigenvalue weighted by molar-refractivity contribution is -0.172. The summed E-state index contributed by atoms with van der Waals surface area (Å²) in [5.74, 6) is -2.43. The van der Waals surface area contributed by atoms with Crippen LogP contribution in [0.3, 0.4) is 0 Å². The zero-order chi connectivity index (χ0) is 19.0. The number of hydrogen-bond acceptors (Lipinski definition) is 8. The SMILES string of the molecule is CC(=O)OCC(=O)OC(C)(C)CCC(C)(C)OC(=O)COC(C)=O. The van der Waals surface area contributed by atoms with Crippen molar-refractivity contribution >= 4 is 23.9 Å². The monoisotopic (exact) mass is 346 g/mol. The molecule has 0 bridgehead atoms. The first-order valence-electron chi connectivity index (χ1n) is 7.53. The predicted octanol–water partition coefficient (Wildman–Crippen LogP) is 1.54. The largest absolute Gasteiger partial charge is 0.457 e. The van der Waals surface area contributed by atoms with E-state index >= 15 is 0 Å². The quantitative estimate of drug-likeness (QED) is 0.457. The third-order valence-electron chi connectivity index (χ3n) is 2.90. The lowest BCUT2D eigenvalue weighted by Crippen LogP contribution is -2.36. The maximum absolute atomic E-state index is 11.6. The second-order valence-electron chi connectivity index (χ2n) is 6.53. The fraction of sp³-hybridized carbons (Fsp3) is 0.750. The number of carbonyl (C=O) groups is 4. The molecule has 0 saturated carbocycles.